The lowest BCUT2D eigenvalue weighted by atomic mass is 9.99. The number of hydrogen-bond acceptors (Lipinski definition) is 4. The monoisotopic (exact) mass is 235 g/mol. The number of nitrogens with one attached hydrogen (secondary N) is 1. The van der Waals surface area contributed by atoms with E-state index < -0.39 is 0 Å². The van der Waals surface area contributed by atoms with Gasteiger partial charge in [-0.1, -0.05) is 6.07 Å². The molecule has 1 aliphatic rings. The molecule has 0 amide bonds. The molecule has 2 unspecified atom stereocenters. The number of hydrazine groups is 1. The lowest BCUT2D eigenvalue weighted by molar-refractivity contribution is 0.0184. The highest BCUT2D eigenvalue weighted by Gasteiger charge is 2.37. The number of nitrogens with zero attached hydrogens (tertiary/aromatic N) is 1. The Bertz CT molecular complexity index is 365. The molecule has 94 valence electrons. The molecule has 0 aromatic carbocycles. The zero-order chi connectivity index (χ0) is 12.3. The molecule has 1 fully saturated rings. The fourth-order valence-electron chi connectivity index (χ4n) is 2.25. The summed E-state index contributed by atoms with van der Waals surface area (Å²) < 4.78 is 5.84. The molecule has 1 aromatic heterocycles. The average Bonchev–Trinajstić information content (AvgIpc) is 3.13. The van der Waals surface area contributed by atoms with Gasteiger partial charge in [0.05, 0.1) is 12.1 Å². The van der Waals surface area contributed by atoms with Gasteiger partial charge in [0.25, 0.3) is 0 Å². The molecular weight excluding hydrogens is 214 g/mol. The molecule has 2 rings (SSSR count). The predicted octanol–water partition coefficient (Wildman–Crippen LogP) is 1.71. The molecule has 1 aromatic rings. The van der Waals surface area contributed by atoms with Crippen LogP contribution >= 0.6 is 0 Å². The van der Waals surface area contributed by atoms with Crippen LogP contribution in [0.4, 0.5) is 0 Å². The summed E-state index contributed by atoms with van der Waals surface area (Å²) in [7, 11) is 0. The Morgan fingerprint density at radius 2 is 2.29 bits per heavy atom. The van der Waals surface area contributed by atoms with Crippen LogP contribution in [0.25, 0.3) is 0 Å². The van der Waals surface area contributed by atoms with Crippen LogP contribution in [0, 0.1) is 12.8 Å². The third-order valence-electron chi connectivity index (χ3n) is 3.21. The molecule has 1 saturated carbocycles. The van der Waals surface area contributed by atoms with E-state index in [1.54, 1.807) is 0 Å². The number of aromatic nitrogens is 1. The number of aryl methyl sites for hydroxylation is 1. The second-order valence-electron chi connectivity index (χ2n) is 4.70. The lowest BCUT2D eigenvalue weighted by Crippen LogP contribution is -2.39. The van der Waals surface area contributed by atoms with Crippen LogP contribution in [0.1, 0.15) is 36.9 Å². The van der Waals surface area contributed by atoms with Crippen molar-refractivity contribution in [2.45, 2.75) is 38.8 Å². The summed E-state index contributed by atoms with van der Waals surface area (Å²) in [4.78, 5) is 4.22. The second kappa shape index (κ2) is 5.58. The quantitative estimate of drug-likeness (QED) is 0.582. The Morgan fingerprint density at radius 1 is 1.53 bits per heavy atom. The maximum Gasteiger partial charge on any atom is 0.0811 e. The van der Waals surface area contributed by atoms with Crippen molar-refractivity contribution in [3.8, 4) is 0 Å². The Labute approximate surface area is 103 Å². The topological polar surface area (TPSA) is 60.2 Å². The molecule has 1 aliphatic carbocycles. The zero-order valence-electron chi connectivity index (χ0n) is 10.5. The molecule has 17 heavy (non-hydrogen) atoms. The summed E-state index contributed by atoms with van der Waals surface area (Å²) in [5.41, 5.74) is 5.14. The normalized spacial score (nSPS) is 19.0. The standard InChI is InChI=1S/C13H21N3O/c1-3-17-13(10-4-5-10)12(16-14)11-6-9(2)7-15-8-11/h6-8,10,12-13,16H,3-5,14H2,1-2H3. The molecule has 4 heteroatoms. The molecule has 3 N–H and O–H groups in total. The van der Waals surface area contributed by atoms with Crippen LogP contribution in [0.5, 0.6) is 0 Å². The first-order chi connectivity index (χ1) is 8.26. The van der Waals surface area contributed by atoms with Gasteiger partial charge in [-0.2, -0.15) is 0 Å². The molecule has 2 atom stereocenters. The van der Waals surface area contributed by atoms with Gasteiger partial charge in [-0.3, -0.25) is 16.3 Å². The van der Waals surface area contributed by atoms with Gasteiger partial charge < -0.3 is 4.74 Å². The van der Waals surface area contributed by atoms with Crippen LogP contribution in [-0.2, 0) is 4.74 Å². The number of ether oxygens (including phenoxy) is 1. The predicted molar refractivity (Wildman–Crippen MR) is 67.2 cm³/mol. The molecule has 0 radical (unpaired) electrons. The van der Waals surface area contributed by atoms with Gasteiger partial charge in [0, 0.05) is 19.0 Å². The van der Waals surface area contributed by atoms with Crippen molar-refractivity contribution in [2.75, 3.05) is 6.61 Å². The van der Waals surface area contributed by atoms with Gasteiger partial charge in [0.15, 0.2) is 0 Å². The minimum atomic E-state index is 0.0369. The molecule has 0 bridgehead atoms. The first-order valence-electron chi connectivity index (χ1n) is 6.25. The van der Waals surface area contributed by atoms with Crippen molar-refractivity contribution in [3.63, 3.8) is 0 Å². The Hall–Kier alpha value is -0.970. The average molecular weight is 235 g/mol. The molecule has 4 nitrogen and oxygen atoms in total. The van der Waals surface area contributed by atoms with E-state index in [1.807, 2.05) is 26.2 Å². The minimum Gasteiger partial charge on any atom is -0.376 e. The molecular formula is C13H21N3O. The molecule has 0 aliphatic heterocycles. The highest BCUT2D eigenvalue weighted by atomic mass is 16.5. The van der Waals surface area contributed by atoms with E-state index >= 15 is 0 Å². The molecule has 1 heterocycles. The fourth-order valence-corrected chi connectivity index (χ4v) is 2.25. The van der Waals surface area contributed by atoms with Crippen molar-refractivity contribution in [2.24, 2.45) is 11.8 Å². The van der Waals surface area contributed by atoms with Gasteiger partial charge in [-0.25, -0.2) is 0 Å². The highest BCUT2D eigenvalue weighted by Crippen LogP contribution is 2.39. The van der Waals surface area contributed by atoms with Gasteiger partial charge in [-0.05, 0) is 43.7 Å². The SMILES string of the molecule is CCOC(C1CC1)C(NN)c1cncc(C)c1. The van der Waals surface area contributed by atoms with E-state index in [9.17, 15) is 0 Å². The van der Waals surface area contributed by atoms with Crippen LogP contribution in [0.15, 0.2) is 18.5 Å². The first-order valence-corrected chi connectivity index (χ1v) is 6.25. The number of nitrogens with two attached hydrogens (primary N) is 1. The van der Waals surface area contributed by atoms with Gasteiger partial charge in [0.1, 0.15) is 0 Å². The van der Waals surface area contributed by atoms with Crippen molar-refractivity contribution in [3.05, 3.63) is 29.6 Å². The summed E-state index contributed by atoms with van der Waals surface area (Å²) in [6.45, 7) is 4.78. The van der Waals surface area contributed by atoms with Gasteiger partial charge in [-0.15, -0.1) is 0 Å². The van der Waals surface area contributed by atoms with E-state index in [2.05, 4.69) is 16.5 Å². The Morgan fingerprint density at radius 3 is 2.82 bits per heavy atom. The third-order valence-corrected chi connectivity index (χ3v) is 3.21. The first kappa shape index (κ1) is 12.5. The maximum absolute atomic E-state index is 5.84. The van der Waals surface area contributed by atoms with E-state index in [1.165, 1.54) is 12.8 Å². The van der Waals surface area contributed by atoms with Crippen molar-refractivity contribution < 1.29 is 4.74 Å². The van der Waals surface area contributed by atoms with Crippen LogP contribution < -0.4 is 11.3 Å². The van der Waals surface area contributed by atoms with E-state index in [-0.39, 0.29) is 12.1 Å². The minimum absolute atomic E-state index is 0.0369. The third kappa shape index (κ3) is 3.03. The van der Waals surface area contributed by atoms with Crippen molar-refractivity contribution >= 4 is 0 Å². The summed E-state index contributed by atoms with van der Waals surface area (Å²) in [5, 5.41) is 0. The smallest absolute Gasteiger partial charge is 0.0811 e. The maximum atomic E-state index is 5.84. The summed E-state index contributed by atoms with van der Waals surface area (Å²) in [5.74, 6) is 6.33. The summed E-state index contributed by atoms with van der Waals surface area (Å²) >= 11 is 0. The number of pyridine rings is 1. The Balaban J connectivity index is 2.18. The Kier molecular flexibility index (Phi) is 4.10. The zero-order valence-corrected chi connectivity index (χ0v) is 10.5. The molecule has 0 saturated heterocycles. The van der Waals surface area contributed by atoms with Crippen molar-refractivity contribution in [1.29, 1.82) is 0 Å². The van der Waals surface area contributed by atoms with Crippen molar-refractivity contribution in [1.82, 2.24) is 10.4 Å². The number of hydrogen-bond donors (Lipinski definition) is 2. The molecule has 0 spiro atoms. The second-order valence-corrected chi connectivity index (χ2v) is 4.70. The fraction of sp³-hybridized carbons (Fsp3) is 0.615. The highest BCUT2D eigenvalue weighted by molar-refractivity contribution is 5.22. The van der Waals surface area contributed by atoms with Crippen LogP contribution in [-0.4, -0.2) is 17.7 Å². The summed E-state index contributed by atoms with van der Waals surface area (Å²) in [6, 6.07) is 2.15. The number of rotatable bonds is 6. The summed E-state index contributed by atoms with van der Waals surface area (Å²) in [6.07, 6.45) is 6.36. The van der Waals surface area contributed by atoms with Gasteiger partial charge in [0.2, 0.25) is 0 Å². The van der Waals surface area contributed by atoms with Crippen LogP contribution in [0.2, 0.25) is 0 Å². The van der Waals surface area contributed by atoms with E-state index in [0.717, 1.165) is 17.7 Å². The lowest BCUT2D eigenvalue weighted by Gasteiger charge is -2.26. The van der Waals surface area contributed by atoms with E-state index in [0.29, 0.717) is 5.92 Å². The van der Waals surface area contributed by atoms with Crippen LogP contribution in [0.3, 0.4) is 0 Å². The largest absolute Gasteiger partial charge is 0.376 e. The van der Waals surface area contributed by atoms with Gasteiger partial charge >= 0.3 is 0 Å². The van der Waals surface area contributed by atoms with E-state index in [4.69, 9.17) is 10.6 Å².